The normalized spacial score (nSPS) is 11.5. The maximum Gasteiger partial charge on any atom is 0.152 e. The quantitative estimate of drug-likeness (QED) is 0.356. The van der Waals surface area contributed by atoms with Crippen molar-refractivity contribution in [2.75, 3.05) is 0 Å². The molecule has 0 aliphatic carbocycles. The zero-order chi connectivity index (χ0) is 20.9. The number of benzene rings is 1. The maximum absolute atomic E-state index is 6.54. The predicted octanol–water partition coefficient (Wildman–Crippen LogP) is 5.86. The molecule has 0 fully saturated rings. The van der Waals surface area contributed by atoms with Gasteiger partial charge in [-0.1, -0.05) is 29.8 Å². The molecule has 0 atom stereocenters. The Morgan fingerprint density at radius 2 is 1.90 bits per heavy atom. The fourth-order valence-corrected chi connectivity index (χ4v) is 4.14. The number of pyridine rings is 2. The van der Waals surface area contributed by atoms with E-state index in [-0.39, 0.29) is 0 Å². The lowest BCUT2D eigenvalue weighted by Gasteiger charge is -2.05. The van der Waals surface area contributed by atoms with Gasteiger partial charge in [0.25, 0.3) is 0 Å². The molecule has 0 spiro atoms. The molecule has 31 heavy (non-hydrogen) atoms. The number of hydrogen-bond acceptors (Lipinski definition) is 4. The van der Waals surface area contributed by atoms with Crippen molar-refractivity contribution in [1.82, 2.24) is 24.1 Å². The van der Waals surface area contributed by atoms with E-state index in [1.54, 1.807) is 10.9 Å². The van der Waals surface area contributed by atoms with Crippen molar-refractivity contribution < 1.29 is 4.42 Å². The minimum Gasteiger partial charge on any atom is -0.463 e. The summed E-state index contributed by atoms with van der Waals surface area (Å²) in [4.78, 5) is 9.69. The van der Waals surface area contributed by atoms with Crippen molar-refractivity contribution in [3.05, 3.63) is 84.6 Å². The van der Waals surface area contributed by atoms with Crippen LogP contribution in [0.4, 0.5) is 0 Å². The van der Waals surface area contributed by atoms with Gasteiger partial charge in [-0.05, 0) is 30.3 Å². The van der Waals surface area contributed by atoms with Gasteiger partial charge in [0, 0.05) is 47.7 Å². The van der Waals surface area contributed by atoms with Crippen LogP contribution in [-0.2, 0) is 7.05 Å². The van der Waals surface area contributed by atoms with E-state index in [1.807, 2.05) is 78.7 Å². The van der Waals surface area contributed by atoms with E-state index < -0.39 is 0 Å². The van der Waals surface area contributed by atoms with Crippen molar-refractivity contribution in [2.45, 2.75) is 0 Å². The number of halogens is 1. The Morgan fingerprint density at radius 3 is 2.68 bits per heavy atom. The fraction of sp³-hybridized carbons (Fsp3) is 0.0417. The first kappa shape index (κ1) is 17.9. The highest BCUT2D eigenvalue weighted by Crippen LogP contribution is 2.38. The van der Waals surface area contributed by atoms with E-state index in [0.717, 1.165) is 50.4 Å². The molecule has 6 nitrogen and oxygen atoms in total. The van der Waals surface area contributed by atoms with Crippen molar-refractivity contribution in [1.29, 1.82) is 0 Å². The number of nitrogens with zero attached hydrogens (tertiary/aromatic N) is 5. The summed E-state index contributed by atoms with van der Waals surface area (Å²) in [5.74, 6) is 0.721. The molecule has 7 heteroatoms. The van der Waals surface area contributed by atoms with Gasteiger partial charge in [-0.25, -0.2) is 4.98 Å². The van der Waals surface area contributed by atoms with Crippen LogP contribution < -0.4 is 0 Å². The molecular formula is C24H16ClN5O. The van der Waals surface area contributed by atoms with Crippen molar-refractivity contribution in [3.63, 3.8) is 0 Å². The molecule has 0 N–H and O–H groups in total. The maximum atomic E-state index is 6.54. The van der Waals surface area contributed by atoms with Crippen molar-refractivity contribution in [3.8, 4) is 33.8 Å². The zero-order valence-corrected chi connectivity index (χ0v) is 17.3. The largest absolute Gasteiger partial charge is 0.463 e. The summed E-state index contributed by atoms with van der Waals surface area (Å²) < 4.78 is 9.58. The van der Waals surface area contributed by atoms with Gasteiger partial charge in [0.2, 0.25) is 0 Å². The van der Waals surface area contributed by atoms with Crippen LogP contribution in [0.2, 0.25) is 5.02 Å². The van der Waals surface area contributed by atoms with E-state index in [2.05, 4.69) is 16.1 Å². The number of imidazole rings is 1. The summed E-state index contributed by atoms with van der Waals surface area (Å²) in [6.45, 7) is 0. The van der Waals surface area contributed by atoms with Crippen LogP contribution in [0.3, 0.4) is 0 Å². The molecular weight excluding hydrogens is 410 g/mol. The molecule has 0 unspecified atom stereocenters. The first-order valence-corrected chi connectivity index (χ1v) is 10.2. The zero-order valence-electron chi connectivity index (χ0n) is 16.5. The highest BCUT2D eigenvalue weighted by Gasteiger charge is 2.21. The summed E-state index contributed by atoms with van der Waals surface area (Å²) in [7, 11) is 1.90. The highest BCUT2D eigenvalue weighted by atomic mass is 35.5. The highest BCUT2D eigenvalue weighted by molar-refractivity contribution is 6.33. The molecule has 0 radical (unpaired) electrons. The van der Waals surface area contributed by atoms with Crippen molar-refractivity contribution in [2.24, 2.45) is 7.05 Å². The Bertz CT molecular complexity index is 1560. The first-order chi connectivity index (χ1) is 15.2. The Hall–Kier alpha value is -3.90. The van der Waals surface area contributed by atoms with Gasteiger partial charge >= 0.3 is 0 Å². The molecule has 0 amide bonds. The molecule has 0 saturated carbocycles. The number of aryl methyl sites for hydroxylation is 1. The summed E-state index contributed by atoms with van der Waals surface area (Å²) in [5.41, 5.74) is 6.10. The first-order valence-electron chi connectivity index (χ1n) is 9.77. The van der Waals surface area contributed by atoms with Gasteiger partial charge in [0.1, 0.15) is 17.0 Å². The lowest BCUT2D eigenvalue weighted by Crippen LogP contribution is -1.91. The number of fused-ring (bicyclic) bond motifs is 3. The Labute approximate surface area is 182 Å². The van der Waals surface area contributed by atoms with Crippen LogP contribution in [0.15, 0.2) is 84.0 Å². The number of rotatable bonds is 3. The summed E-state index contributed by atoms with van der Waals surface area (Å²) in [6, 6.07) is 15.6. The lowest BCUT2D eigenvalue weighted by atomic mass is 10.1. The van der Waals surface area contributed by atoms with E-state index in [9.17, 15) is 0 Å². The Morgan fingerprint density at radius 1 is 1.00 bits per heavy atom. The van der Waals surface area contributed by atoms with Crippen LogP contribution in [0.1, 0.15) is 0 Å². The van der Waals surface area contributed by atoms with Crippen LogP contribution in [0.25, 0.3) is 50.4 Å². The second-order valence-electron chi connectivity index (χ2n) is 7.33. The Kier molecular flexibility index (Phi) is 3.94. The molecule has 5 heterocycles. The SMILES string of the molecule is Cn1cc(-c2cnc3ccn4c(-c5ccco5)c(-c5ccccc5Cl)nc4c3c2)cn1. The molecule has 6 rings (SSSR count). The van der Waals surface area contributed by atoms with E-state index in [4.69, 9.17) is 21.0 Å². The summed E-state index contributed by atoms with van der Waals surface area (Å²) in [5, 5.41) is 5.85. The van der Waals surface area contributed by atoms with E-state index in [0.29, 0.717) is 5.02 Å². The molecule has 1 aromatic carbocycles. The molecule has 0 aliphatic rings. The van der Waals surface area contributed by atoms with Crippen LogP contribution in [0.5, 0.6) is 0 Å². The summed E-state index contributed by atoms with van der Waals surface area (Å²) in [6.07, 6.45) is 9.30. The van der Waals surface area contributed by atoms with Gasteiger partial charge in [-0.15, -0.1) is 0 Å². The monoisotopic (exact) mass is 425 g/mol. The van der Waals surface area contributed by atoms with Crippen LogP contribution in [-0.4, -0.2) is 24.1 Å². The van der Waals surface area contributed by atoms with Crippen LogP contribution in [0, 0.1) is 0 Å². The second kappa shape index (κ2) is 6.82. The number of furan rings is 1. The van der Waals surface area contributed by atoms with Gasteiger partial charge in [-0.2, -0.15) is 5.10 Å². The smallest absolute Gasteiger partial charge is 0.152 e. The number of hydrogen-bond donors (Lipinski definition) is 0. The number of aromatic nitrogens is 5. The average Bonchev–Trinajstić information content (AvgIpc) is 3.53. The van der Waals surface area contributed by atoms with Gasteiger partial charge < -0.3 is 4.42 Å². The van der Waals surface area contributed by atoms with Crippen LogP contribution >= 0.6 is 11.6 Å². The van der Waals surface area contributed by atoms with Gasteiger partial charge in [0.05, 0.1) is 23.0 Å². The topological polar surface area (TPSA) is 61.2 Å². The summed E-state index contributed by atoms with van der Waals surface area (Å²) >= 11 is 6.54. The van der Waals surface area contributed by atoms with E-state index in [1.165, 1.54) is 0 Å². The minimum atomic E-state index is 0.636. The third-order valence-electron chi connectivity index (χ3n) is 5.37. The molecule has 150 valence electrons. The molecule has 0 saturated heterocycles. The molecule has 6 aromatic rings. The third-order valence-corrected chi connectivity index (χ3v) is 5.70. The van der Waals surface area contributed by atoms with Gasteiger partial charge in [-0.3, -0.25) is 14.1 Å². The fourth-order valence-electron chi connectivity index (χ4n) is 3.92. The molecule has 0 bridgehead atoms. The minimum absolute atomic E-state index is 0.636. The predicted molar refractivity (Wildman–Crippen MR) is 121 cm³/mol. The lowest BCUT2D eigenvalue weighted by molar-refractivity contribution is 0.579. The third kappa shape index (κ3) is 2.84. The van der Waals surface area contributed by atoms with Gasteiger partial charge in [0.15, 0.2) is 5.76 Å². The van der Waals surface area contributed by atoms with E-state index >= 15 is 0 Å². The molecule has 0 aliphatic heterocycles. The standard InChI is InChI=1S/C24H16ClN5O/c1-29-14-16(13-27-29)15-11-18-20(26-12-15)8-9-30-23(21-7-4-10-31-21)22(28-24(18)30)17-5-2-3-6-19(17)25/h2-14H,1H3. The Balaban J connectivity index is 1.69. The van der Waals surface area contributed by atoms with Crippen molar-refractivity contribution >= 4 is 28.2 Å². The average molecular weight is 426 g/mol. The molecule has 5 aromatic heterocycles. The second-order valence-corrected chi connectivity index (χ2v) is 7.74.